The molecule has 0 atom stereocenters. The lowest BCUT2D eigenvalue weighted by atomic mass is 10.1. The third-order valence-corrected chi connectivity index (χ3v) is 2.53. The number of carbonyl (C=O) groups excluding carboxylic acids is 1. The molecule has 0 radical (unpaired) electrons. The second-order valence-corrected chi connectivity index (χ2v) is 4.37. The molecule has 1 fully saturated rings. The van der Waals surface area contributed by atoms with Crippen LogP contribution in [-0.2, 0) is 9.53 Å². The number of amides is 1. The van der Waals surface area contributed by atoms with Crippen molar-refractivity contribution in [3.63, 3.8) is 0 Å². The third-order valence-electron chi connectivity index (χ3n) is 2.53. The molecule has 0 spiro atoms. The van der Waals surface area contributed by atoms with E-state index in [-0.39, 0.29) is 12.5 Å². The molecule has 1 rings (SSSR count). The second kappa shape index (κ2) is 6.80. The first-order chi connectivity index (χ1) is 7.20. The predicted molar refractivity (Wildman–Crippen MR) is 59.7 cm³/mol. The summed E-state index contributed by atoms with van der Waals surface area (Å²) in [6.07, 6.45) is 1.02. The molecule has 1 N–H and O–H groups in total. The fourth-order valence-electron chi connectivity index (χ4n) is 1.48. The smallest absolute Gasteiger partial charge is 0.248 e. The maximum atomic E-state index is 11.6. The molecule has 0 aromatic heterocycles. The number of hydrogen-bond donors (Lipinski definition) is 1. The minimum atomic E-state index is 0.125. The fraction of sp³-hybridized carbons (Fsp3) is 0.909. The molecule has 0 aromatic carbocycles. The van der Waals surface area contributed by atoms with E-state index in [0.29, 0.717) is 12.5 Å². The van der Waals surface area contributed by atoms with E-state index in [2.05, 4.69) is 19.2 Å². The Kier molecular flexibility index (Phi) is 5.65. The Morgan fingerprint density at radius 3 is 2.67 bits per heavy atom. The average molecular weight is 214 g/mol. The number of nitrogens with one attached hydrogen (secondary N) is 1. The Hall–Kier alpha value is -0.610. The largest absolute Gasteiger partial charge is 0.372 e. The molecule has 0 aromatic rings. The topological polar surface area (TPSA) is 41.6 Å². The number of ether oxygens (including phenoxy) is 1. The van der Waals surface area contributed by atoms with Crippen molar-refractivity contribution in [1.29, 1.82) is 0 Å². The van der Waals surface area contributed by atoms with Crippen LogP contribution in [0.1, 0.15) is 20.3 Å². The summed E-state index contributed by atoms with van der Waals surface area (Å²) in [5.41, 5.74) is 0. The van der Waals surface area contributed by atoms with Gasteiger partial charge in [0.05, 0.1) is 0 Å². The zero-order valence-corrected chi connectivity index (χ0v) is 9.79. The Morgan fingerprint density at radius 2 is 2.07 bits per heavy atom. The molecule has 0 saturated carbocycles. The third kappa shape index (κ3) is 5.14. The standard InChI is InChI=1S/C11H22N2O2/c1-10(2)3-8-15-9-11(14)13-6-4-12-5-7-13/h10,12H,3-9H2,1-2H3. The zero-order chi connectivity index (χ0) is 11.1. The Balaban J connectivity index is 2.07. The summed E-state index contributed by atoms with van der Waals surface area (Å²) in [7, 11) is 0. The average Bonchev–Trinajstić information content (AvgIpc) is 2.25. The normalized spacial score (nSPS) is 17.1. The van der Waals surface area contributed by atoms with Crippen molar-refractivity contribution in [2.24, 2.45) is 5.92 Å². The highest BCUT2D eigenvalue weighted by Gasteiger charge is 2.15. The second-order valence-electron chi connectivity index (χ2n) is 4.37. The quantitative estimate of drug-likeness (QED) is 0.677. The molecule has 0 unspecified atom stereocenters. The van der Waals surface area contributed by atoms with Crippen molar-refractivity contribution in [2.45, 2.75) is 20.3 Å². The van der Waals surface area contributed by atoms with Gasteiger partial charge in [0.2, 0.25) is 5.91 Å². The van der Waals surface area contributed by atoms with Crippen LogP contribution >= 0.6 is 0 Å². The number of carbonyl (C=O) groups is 1. The van der Waals surface area contributed by atoms with E-state index in [0.717, 1.165) is 32.6 Å². The summed E-state index contributed by atoms with van der Waals surface area (Å²) in [5, 5.41) is 3.22. The van der Waals surface area contributed by atoms with E-state index < -0.39 is 0 Å². The van der Waals surface area contributed by atoms with Gasteiger partial charge in [0.25, 0.3) is 0 Å². The molecule has 1 aliphatic rings. The molecule has 4 heteroatoms. The van der Waals surface area contributed by atoms with Crippen LogP contribution in [0.3, 0.4) is 0 Å². The van der Waals surface area contributed by atoms with Gasteiger partial charge in [-0.15, -0.1) is 0 Å². The number of nitrogens with zero attached hydrogens (tertiary/aromatic N) is 1. The van der Waals surface area contributed by atoms with Crippen LogP contribution in [0.2, 0.25) is 0 Å². The van der Waals surface area contributed by atoms with Crippen molar-refractivity contribution >= 4 is 5.91 Å². The van der Waals surface area contributed by atoms with Crippen molar-refractivity contribution in [1.82, 2.24) is 10.2 Å². The van der Waals surface area contributed by atoms with E-state index in [9.17, 15) is 4.79 Å². The van der Waals surface area contributed by atoms with E-state index in [1.54, 1.807) is 0 Å². The van der Waals surface area contributed by atoms with E-state index in [4.69, 9.17) is 4.74 Å². The minimum absolute atomic E-state index is 0.125. The first-order valence-electron chi connectivity index (χ1n) is 5.76. The summed E-state index contributed by atoms with van der Waals surface area (Å²) in [6, 6.07) is 0. The van der Waals surface area contributed by atoms with Crippen molar-refractivity contribution < 1.29 is 9.53 Å². The highest BCUT2D eigenvalue weighted by molar-refractivity contribution is 5.77. The van der Waals surface area contributed by atoms with Gasteiger partial charge in [0.1, 0.15) is 6.61 Å². The van der Waals surface area contributed by atoms with Gasteiger partial charge in [-0.25, -0.2) is 0 Å². The summed E-state index contributed by atoms with van der Waals surface area (Å²) >= 11 is 0. The van der Waals surface area contributed by atoms with Crippen molar-refractivity contribution in [3.8, 4) is 0 Å². The first kappa shape index (κ1) is 12.5. The fourth-order valence-corrected chi connectivity index (χ4v) is 1.48. The van der Waals surface area contributed by atoms with Gasteiger partial charge in [-0.3, -0.25) is 4.79 Å². The van der Waals surface area contributed by atoms with Gasteiger partial charge in [0, 0.05) is 32.8 Å². The summed E-state index contributed by atoms with van der Waals surface area (Å²) in [5.74, 6) is 0.763. The number of rotatable bonds is 5. The van der Waals surface area contributed by atoms with Gasteiger partial charge in [-0.05, 0) is 12.3 Å². The van der Waals surface area contributed by atoms with Crippen molar-refractivity contribution in [3.05, 3.63) is 0 Å². The Labute approximate surface area is 92.0 Å². The molecular formula is C11H22N2O2. The molecule has 1 heterocycles. The highest BCUT2D eigenvalue weighted by atomic mass is 16.5. The van der Waals surface area contributed by atoms with Crippen LogP contribution in [0, 0.1) is 5.92 Å². The molecule has 88 valence electrons. The first-order valence-corrected chi connectivity index (χ1v) is 5.76. The molecule has 1 amide bonds. The Morgan fingerprint density at radius 1 is 1.40 bits per heavy atom. The lowest BCUT2D eigenvalue weighted by Gasteiger charge is -2.27. The predicted octanol–water partition coefficient (Wildman–Crippen LogP) is 0.481. The van der Waals surface area contributed by atoms with Gasteiger partial charge in [-0.2, -0.15) is 0 Å². The summed E-state index contributed by atoms with van der Waals surface area (Å²) < 4.78 is 5.35. The maximum absolute atomic E-state index is 11.6. The van der Waals surface area contributed by atoms with E-state index in [1.807, 2.05) is 4.90 Å². The van der Waals surface area contributed by atoms with Crippen LogP contribution in [0.15, 0.2) is 0 Å². The highest BCUT2D eigenvalue weighted by Crippen LogP contribution is 2.00. The SMILES string of the molecule is CC(C)CCOCC(=O)N1CCNCC1. The number of hydrogen-bond acceptors (Lipinski definition) is 3. The van der Waals surface area contributed by atoms with Gasteiger partial charge in [-0.1, -0.05) is 13.8 Å². The molecule has 0 bridgehead atoms. The molecule has 15 heavy (non-hydrogen) atoms. The minimum Gasteiger partial charge on any atom is -0.372 e. The van der Waals surface area contributed by atoms with Crippen LogP contribution in [0.25, 0.3) is 0 Å². The van der Waals surface area contributed by atoms with E-state index >= 15 is 0 Å². The summed E-state index contributed by atoms with van der Waals surface area (Å²) in [4.78, 5) is 13.5. The van der Waals surface area contributed by atoms with Gasteiger partial charge >= 0.3 is 0 Å². The lowest BCUT2D eigenvalue weighted by molar-refractivity contribution is -0.136. The van der Waals surface area contributed by atoms with Crippen molar-refractivity contribution in [2.75, 3.05) is 39.4 Å². The monoisotopic (exact) mass is 214 g/mol. The lowest BCUT2D eigenvalue weighted by Crippen LogP contribution is -2.47. The molecule has 4 nitrogen and oxygen atoms in total. The van der Waals surface area contributed by atoms with Gasteiger partial charge < -0.3 is 15.0 Å². The number of piperazine rings is 1. The van der Waals surface area contributed by atoms with Crippen LogP contribution in [0.4, 0.5) is 0 Å². The molecule has 1 aliphatic heterocycles. The van der Waals surface area contributed by atoms with Crippen LogP contribution < -0.4 is 5.32 Å². The Bertz CT molecular complexity index is 189. The molecular weight excluding hydrogens is 192 g/mol. The molecule has 0 aliphatic carbocycles. The van der Waals surface area contributed by atoms with E-state index in [1.165, 1.54) is 0 Å². The maximum Gasteiger partial charge on any atom is 0.248 e. The van der Waals surface area contributed by atoms with Crippen LogP contribution in [-0.4, -0.2) is 50.2 Å². The van der Waals surface area contributed by atoms with Crippen LogP contribution in [0.5, 0.6) is 0 Å². The van der Waals surface area contributed by atoms with Gasteiger partial charge in [0.15, 0.2) is 0 Å². The summed E-state index contributed by atoms with van der Waals surface area (Å²) in [6.45, 7) is 8.67. The zero-order valence-electron chi connectivity index (χ0n) is 9.79. The molecule has 1 saturated heterocycles.